The van der Waals surface area contributed by atoms with E-state index in [0.717, 1.165) is 11.1 Å². The lowest BCUT2D eigenvalue weighted by atomic mass is 9.65. The van der Waals surface area contributed by atoms with Gasteiger partial charge in [0.2, 0.25) is 0 Å². The maximum atomic E-state index is 9.29. The molecule has 4 aromatic carbocycles. The molecule has 1 aliphatic carbocycles. The molecule has 4 aliphatic rings. The van der Waals surface area contributed by atoms with Gasteiger partial charge < -0.3 is 33.9 Å². The molecule has 0 spiro atoms. The van der Waals surface area contributed by atoms with E-state index in [9.17, 15) is 10.2 Å². The third kappa shape index (κ3) is 4.00. The lowest BCUT2D eigenvalue weighted by molar-refractivity contribution is 0.102. The number of rotatable bonds is 8. The van der Waals surface area contributed by atoms with Crippen molar-refractivity contribution < 1.29 is 33.9 Å². The van der Waals surface area contributed by atoms with Crippen molar-refractivity contribution in [2.24, 2.45) is 0 Å². The highest BCUT2D eigenvalue weighted by atomic mass is 16.6. The molecule has 4 aromatic rings. The highest BCUT2D eigenvalue weighted by Crippen LogP contribution is 2.62. The van der Waals surface area contributed by atoms with E-state index in [-0.39, 0.29) is 50.8 Å². The summed E-state index contributed by atoms with van der Waals surface area (Å²) in [5.74, 6) is 1.41. The van der Waals surface area contributed by atoms with Crippen LogP contribution in [0.2, 0.25) is 0 Å². The van der Waals surface area contributed by atoms with Crippen molar-refractivity contribution in [3.05, 3.63) is 118 Å². The molecule has 0 amide bonds. The quantitative estimate of drug-likeness (QED) is 0.264. The van der Waals surface area contributed by atoms with Crippen molar-refractivity contribution in [3.63, 3.8) is 0 Å². The van der Waals surface area contributed by atoms with E-state index in [1.807, 2.05) is 24.3 Å². The predicted molar refractivity (Wildman–Crippen MR) is 155 cm³/mol. The minimum atomic E-state index is -0.655. The maximum absolute atomic E-state index is 9.29. The molecule has 3 aliphatic heterocycles. The maximum Gasteiger partial charge on any atom is 0.119 e. The Hall–Kier alpha value is -3.72. The minimum Gasteiger partial charge on any atom is -0.491 e. The van der Waals surface area contributed by atoms with Crippen LogP contribution in [0, 0.1) is 0 Å². The largest absolute Gasteiger partial charge is 0.491 e. The molecule has 2 N–H and O–H groups in total. The number of aliphatic hydroxyl groups excluding tert-OH is 2. The van der Waals surface area contributed by atoms with Crippen LogP contribution in [-0.4, -0.2) is 62.1 Å². The average Bonchev–Trinajstić information content (AvgIpc) is 3.96. The van der Waals surface area contributed by atoms with Gasteiger partial charge in [0.15, 0.2) is 0 Å². The summed E-state index contributed by atoms with van der Waals surface area (Å²) in [4.78, 5) is 0. The Morgan fingerprint density at radius 3 is 1.90 bits per heavy atom. The van der Waals surface area contributed by atoms with Crippen molar-refractivity contribution >= 4 is 0 Å². The molecule has 214 valence electrons. The number of aliphatic hydroxyl groups is 2. The Balaban J connectivity index is 1.40. The number of hydrogen-bond donors (Lipinski definition) is 2. The number of benzene rings is 4. The van der Waals surface area contributed by atoms with Crippen molar-refractivity contribution in [2.75, 3.05) is 39.6 Å². The third-order valence-electron chi connectivity index (χ3n) is 8.89. The summed E-state index contributed by atoms with van der Waals surface area (Å²) in [7, 11) is 0. The SMILES string of the molecule is OCCOc1ccc(C2(c3ccc(OCCO)cc3)c3ccccc3-c3ccc4c(c32)C2OC2COCC2OC42)cc1. The molecule has 0 radical (unpaired) electrons. The fourth-order valence-electron chi connectivity index (χ4n) is 7.06. The van der Waals surface area contributed by atoms with Gasteiger partial charge in [-0.25, -0.2) is 0 Å². The molecule has 0 aromatic heterocycles. The van der Waals surface area contributed by atoms with Gasteiger partial charge in [-0.2, -0.15) is 0 Å². The number of epoxide rings is 2. The second-order valence-electron chi connectivity index (χ2n) is 11.2. The summed E-state index contributed by atoms with van der Waals surface area (Å²) in [6.07, 6.45) is -0.0230. The van der Waals surface area contributed by atoms with Crippen molar-refractivity contribution in [3.8, 4) is 22.6 Å². The normalized spacial score (nSPS) is 24.0. The van der Waals surface area contributed by atoms with E-state index in [1.54, 1.807) is 0 Å². The second kappa shape index (κ2) is 10.2. The van der Waals surface area contributed by atoms with Crippen molar-refractivity contribution in [1.82, 2.24) is 0 Å². The van der Waals surface area contributed by atoms with Gasteiger partial charge in [0.1, 0.15) is 49.1 Å². The lowest BCUT2D eigenvalue weighted by Crippen LogP contribution is -2.30. The first-order valence-corrected chi connectivity index (χ1v) is 14.6. The molecule has 2 fully saturated rings. The number of hydrogen-bond acceptors (Lipinski definition) is 7. The molecule has 0 saturated carbocycles. The zero-order valence-corrected chi connectivity index (χ0v) is 23.1. The minimum absolute atomic E-state index is 0.0117. The van der Waals surface area contributed by atoms with Gasteiger partial charge in [0, 0.05) is 0 Å². The average molecular weight is 565 g/mol. The van der Waals surface area contributed by atoms with E-state index in [2.05, 4.69) is 60.7 Å². The zero-order chi connectivity index (χ0) is 28.3. The molecule has 4 unspecified atom stereocenters. The Labute approximate surface area is 244 Å². The van der Waals surface area contributed by atoms with Gasteiger partial charge in [-0.05, 0) is 68.8 Å². The van der Waals surface area contributed by atoms with Crippen LogP contribution in [0.5, 0.6) is 11.5 Å². The fourth-order valence-corrected chi connectivity index (χ4v) is 7.06. The standard InChI is InChI=1S/C35H32O7/c36-15-17-39-23-9-5-21(6-10-23)35(22-7-11-24(12-8-22)40-18-16-37)28-4-2-1-3-25(28)26-13-14-27-31(32(26)35)34-30(42-34)20-38-19-29-33(27)41-29/h1-14,29-30,33-34,36-37H,15-20H2. The summed E-state index contributed by atoms with van der Waals surface area (Å²) >= 11 is 0. The van der Waals surface area contributed by atoms with Crippen LogP contribution in [0.3, 0.4) is 0 Å². The summed E-state index contributed by atoms with van der Waals surface area (Å²) in [6.45, 7) is 1.52. The van der Waals surface area contributed by atoms with Gasteiger partial charge >= 0.3 is 0 Å². The number of fused-ring (bicyclic) bond motifs is 9. The highest BCUT2D eigenvalue weighted by Gasteiger charge is 2.56. The van der Waals surface area contributed by atoms with Crippen LogP contribution in [0.4, 0.5) is 0 Å². The van der Waals surface area contributed by atoms with Crippen molar-refractivity contribution in [1.29, 1.82) is 0 Å². The molecule has 4 atom stereocenters. The molecular formula is C35H32O7. The first-order chi connectivity index (χ1) is 20.7. The van der Waals surface area contributed by atoms with E-state index in [0.29, 0.717) is 24.7 Å². The Morgan fingerprint density at radius 1 is 0.667 bits per heavy atom. The van der Waals surface area contributed by atoms with Gasteiger partial charge in [0.05, 0.1) is 31.8 Å². The summed E-state index contributed by atoms with van der Waals surface area (Å²) in [5.41, 5.74) is 8.73. The summed E-state index contributed by atoms with van der Waals surface area (Å²) in [5, 5.41) is 18.6. The molecule has 42 heavy (non-hydrogen) atoms. The van der Waals surface area contributed by atoms with Crippen LogP contribution in [0.25, 0.3) is 11.1 Å². The fraction of sp³-hybridized carbons (Fsp3) is 0.314. The van der Waals surface area contributed by atoms with E-state index in [4.69, 9.17) is 23.7 Å². The molecule has 8 rings (SSSR count). The van der Waals surface area contributed by atoms with Gasteiger partial charge in [0.25, 0.3) is 0 Å². The second-order valence-corrected chi connectivity index (χ2v) is 11.2. The Bertz CT molecular complexity index is 1560. The first-order valence-electron chi connectivity index (χ1n) is 14.6. The van der Waals surface area contributed by atoms with Crippen molar-refractivity contribution in [2.45, 2.75) is 29.8 Å². The van der Waals surface area contributed by atoms with Gasteiger partial charge in [-0.15, -0.1) is 0 Å². The van der Waals surface area contributed by atoms with E-state index >= 15 is 0 Å². The molecule has 2 saturated heterocycles. The smallest absolute Gasteiger partial charge is 0.119 e. The molecule has 7 nitrogen and oxygen atoms in total. The molecule has 3 heterocycles. The van der Waals surface area contributed by atoms with Crippen LogP contribution in [0.1, 0.15) is 45.6 Å². The first kappa shape index (κ1) is 25.9. The number of ether oxygens (including phenoxy) is 5. The predicted octanol–water partition coefficient (Wildman–Crippen LogP) is 4.70. The Morgan fingerprint density at radius 2 is 1.26 bits per heavy atom. The third-order valence-corrected chi connectivity index (χ3v) is 8.89. The van der Waals surface area contributed by atoms with Crippen LogP contribution in [0.15, 0.2) is 84.9 Å². The van der Waals surface area contributed by atoms with Gasteiger partial charge in [-0.1, -0.05) is 60.7 Å². The molecule has 0 bridgehead atoms. The molecular weight excluding hydrogens is 532 g/mol. The monoisotopic (exact) mass is 564 g/mol. The van der Waals surface area contributed by atoms with Crippen LogP contribution < -0.4 is 9.47 Å². The van der Waals surface area contributed by atoms with Crippen LogP contribution in [-0.2, 0) is 19.6 Å². The zero-order valence-electron chi connectivity index (χ0n) is 23.1. The Kier molecular flexibility index (Phi) is 6.32. The highest BCUT2D eigenvalue weighted by molar-refractivity contribution is 5.88. The lowest BCUT2D eigenvalue weighted by Gasteiger charge is -2.36. The van der Waals surface area contributed by atoms with E-state index < -0.39 is 5.41 Å². The van der Waals surface area contributed by atoms with Gasteiger partial charge in [-0.3, -0.25) is 0 Å². The topological polar surface area (TPSA) is 93.2 Å². The summed E-state index contributed by atoms with van der Waals surface area (Å²) < 4.78 is 30.0. The van der Waals surface area contributed by atoms with Crippen LogP contribution >= 0.6 is 0 Å². The van der Waals surface area contributed by atoms with E-state index in [1.165, 1.54) is 33.4 Å². The summed E-state index contributed by atoms with van der Waals surface area (Å²) in [6, 6.07) is 29.6. The molecule has 7 heteroatoms.